The van der Waals surface area contributed by atoms with Crippen LogP contribution in [0.4, 0.5) is 4.39 Å². The first-order valence-electron chi connectivity index (χ1n) is 7.77. The minimum atomic E-state index is -0.279. The van der Waals surface area contributed by atoms with Crippen LogP contribution in [-0.2, 0) is 16.0 Å². The molecule has 1 saturated heterocycles. The van der Waals surface area contributed by atoms with Crippen LogP contribution in [0.2, 0.25) is 0 Å². The van der Waals surface area contributed by atoms with Crippen molar-refractivity contribution >= 4 is 11.8 Å². The highest BCUT2D eigenvalue weighted by Gasteiger charge is 2.23. The maximum absolute atomic E-state index is 13.5. The first-order valence-corrected chi connectivity index (χ1v) is 7.77. The van der Waals surface area contributed by atoms with Gasteiger partial charge in [-0.3, -0.25) is 9.59 Å². The molecule has 6 heteroatoms. The molecule has 0 bridgehead atoms. The van der Waals surface area contributed by atoms with E-state index in [9.17, 15) is 14.0 Å². The van der Waals surface area contributed by atoms with Gasteiger partial charge in [-0.1, -0.05) is 18.2 Å². The molecule has 0 unspecified atom stereocenters. The van der Waals surface area contributed by atoms with E-state index in [4.69, 9.17) is 5.26 Å². The molecule has 0 aromatic heterocycles. The number of piperidine rings is 1. The summed E-state index contributed by atoms with van der Waals surface area (Å²) in [6, 6.07) is 8.32. The number of likely N-dealkylation sites (tertiary alicyclic amines) is 1. The molecule has 122 valence electrons. The van der Waals surface area contributed by atoms with Gasteiger partial charge in [-0.05, 0) is 30.9 Å². The number of carbonyl (C=O) groups is 2. The standard InChI is InChI=1S/C17H20FN3O2/c18-15-4-2-1-3-13(15)5-6-17(23)21-11-8-14(9-12-21)20-16(22)7-10-19/h1-4,14H,5-9,11-12H2,(H,20,22). The van der Waals surface area contributed by atoms with Crippen molar-refractivity contribution in [1.82, 2.24) is 10.2 Å². The zero-order valence-electron chi connectivity index (χ0n) is 12.9. The van der Waals surface area contributed by atoms with E-state index < -0.39 is 0 Å². The molecular weight excluding hydrogens is 297 g/mol. The zero-order valence-corrected chi connectivity index (χ0v) is 12.9. The Hall–Kier alpha value is -2.42. The maximum Gasteiger partial charge on any atom is 0.234 e. The summed E-state index contributed by atoms with van der Waals surface area (Å²) in [5, 5.41) is 11.3. The predicted molar refractivity (Wildman–Crippen MR) is 82.7 cm³/mol. The summed E-state index contributed by atoms with van der Waals surface area (Å²) in [5.41, 5.74) is 0.555. The lowest BCUT2D eigenvalue weighted by Crippen LogP contribution is -2.46. The minimum Gasteiger partial charge on any atom is -0.352 e. The number of rotatable bonds is 5. The Kier molecular flexibility index (Phi) is 6.10. The van der Waals surface area contributed by atoms with Crippen LogP contribution in [-0.4, -0.2) is 35.8 Å². The molecule has 0 aliphatic carbocycles. The van der Waals surface area contributed by atoms with Crippen molar-refractivity contribution < 1.29 is 14.0 Å². The largest absolute Gasteiger partial charge is 0.352 e. The van der Waals surface area contributed by atoms with Crippen LogP contribution in [0, 0.1) is 17.1 Å². The average molecular weight is 317 g/mol. The molecule has 1 aromatic carbocycles. The van der Waals surface area contributed by atoms with Crippen molar-refractivity contribution in [3.05, 3.63) is 35.6 Å². The molecule has 0 radical (unpaired) electrons. The highest BCUT2D eigenvalue weighted by Crippen LogP contribution is 2.14. The van der Waals surface area contributed by atoms with Crippen LogP contribution in [0.5, 0.6) is 0 Å². The number of amides is 2. The molecule has 1 N–H and O–H groups in total. The number of nitriles is 1. The number of nitrogens with zero attached hydrogens (tertiary/aromatic N) is 2. The Bertz CT molecular complexity index is 604. The predicted octanol–water partition coefficient (Wildman–Crippen LogP) is 1.78. The number of aryl methyl sites for hydroxylation is 1. The minimum absolute atomic E-state index is 0.00931. The third-order valence-corrected chi connectivity index (χ3v) is 4.02. The maximum atomic E-state index is 13.5. The zero-order chi connectivity index (χ0) is 16.7. The monoisotopic (exact) mass is 317 g/mol. The lowest BCUT2D eigenvalue weighted by atomic mass is 10.0. The van der Waals surface area contributed by atoms with E-state index in [0.717, 1.165) is 0 Å². The molecule has 1 aliphatic rings. The Balaban J connectivity index is 1.74. The van der Waals surface area contributed by atoms with E-state index >= 15 is 0 Å². The first kappa shape index (κ1) is 16.9. The third kappa shape index (κ3) is 5.06. The molecule has 2 amide bonds. The van der Waals surface area contributed by atoms with E-state index in [2.05, 4.69) is 5.32 Å². The quantitative estimate of drug-likeness (QED) is 0.899. The van der Waals surface area contributed by atoms with Gasteiger partial charge in [-0.25, -0.2) is 4.39 Å². The van der Waals surface area contributed by atoms with Gasteiger partial charge in [-0.2, -0.15) is 5.26 Å². The fraction of sp³-hybridized carbons (Fsp3) is 0.471. The van der Waals surface area contributed by atoms with E-state index in [-0.39, 0.29) is 36.5 Å². The molecular formula is C17H20FN3O2. The number of hydrogen-bond acceptors (Lipinski definition) is 3. The van der Waals surface area contributed by atoms with Crippen LogP contribution in [0.3, 0.4) is 0 Å². The summed E-state index contributed by atoms with van der Waals surface area (Å²) >= 11 is 0. The second-order valence-electron chi connectivity index (χ2n) is 5.65. The molecule has 5 nitrogen and oxygen atoms in total. The second kappa shape index (κ2) is 8.28. The van der Waals surface area contributed by atoms with Gasteiger partial charge in [0.1, 0.15) is 12.2 Å². The Morgan fingerprint density at radius 3 is 2.65 bits per heavy atom. The molecule has 0 atom stereocenters. The van der Waals surface area contributed by atoms with Crippen molar-refractivity contribution in [2.75, 3.05) is 13.1 Å². The smallest absolute Gasteiger partial charge is 0.234 e. The van der Waals surface area contributed by atoms with E-state index in [1.54, 1.807) is 23.1 Å². The van der Waals surface area contributed by atoms with Crippen LogP contribution in [0.1, 0.15) is 31.2 Å². The number of nitrogens with one attached hydrogen (secondary N) is 1. The van der Waals surface area contributed by atoms with Gasteiger partial charge in [0.05, 0.1) is 6.07 Å². The van der Waals surface area contributed by atoms with Crippen LogP contribution in [0.25, 0.3) is 0 Å². The number of hydrogen-bond donors (Lipinski definition) is 1. The summed E-state index contributed by atoms with van der Waals surface area (Å²) in [4.78, 5) is 25.3. The second-order valence-corrected chi connectivity index (χ2v) is 5.65. The highest BCUT2D eigenvalue weighted by atomic mass is 19.1. The molecule has 1 heterocycles. The Morgan fingerprint density at radius 1 is 1.30 bits per heavy atom. The molecule has 1 aromatic rings. The van der Waals surface area contributed by atoms with Crippen molar-refractivity contribution in [2.24, 2.45) is 0 Å². The Labute approximate surface area is 135 Å². The third-order valence-electron chi connectivity index (χ3n) is 4.02. The van der Waals surface area contributed by atoms with E-state index in [1.165, 1.54) is 6.07 Å². The van der Waals surface area contributed by atoms with E-state index in [1.807, 2.05) is 6.07 Å². The summed E-state index contributed by atoms with van der Waals surface area (Å²) in [7, 11) is 0. The summed E-state index contributed by atoms with van der Waals surface area (Å²) in [6.45, 7) is 1.15. The van der Waals surface area contributed by atoms with E-state index in [0.29, 0.717) is 37.9 Å². The number of benzene rings is 1. The molecule has 1 fully saturated rings. The van der Waals surface area contributed by atoms with Gasteiger partial charge >= 0.3 is 0 Å². The SMILES string of the molecule is N#CCC(=O)NC1CCN(C(=O)CCc2ccccc2F)CC1. The van der Waals surface area contributed by atoms with Gasteiger partial charge < -0.3 is 10.2 Å². The molecule has 0 saturated carbocycles. The molecule has 23 heavy (non-hydrogen) atoms. The van der Waals surface area contributed by atoms with Gasteiger partial charge in [0.25, 0.3) is 0 Å². The lowest BCUT2D eigenvalue weighted by Gasteiger charge is -2.32. The average Bonchev–Trinajstić information content (AvgIpc) is 2.55. The van der Waals surface area contributed by atoms with Crippen LogP contribution in [0.15, 0.2) is 24.3 Å². The summed E-state index contributed by atoms with van der Waals surface area (Å²) < 4.78 is 13.5. The van der Waals surface area contributed by atoms with Gasteiger partial charge in [0.2, 0.25) is 11.8 Å². The van der Waals surface area contributed by atoms with Crippen molar-refractivity contribution in [3.8, 4) is 6.07 Å². The van der Waals surface area contributed by atoms with Crippen LogP contribution >= 0.6 is 0 Å². The highest BCUT2D eigenvalue weighted by molar-refractivity contribution is 5.78. The Morgan fingerprint density at radius 2 is 2.00 bits per heavy atom. The van der Waals surface area contributed by atoms with Gasteiger partial charge in [0.15, 0.2) is 0 Å². The van der Waals surface area contributed by atoms with Gasteiger partial charge in [-0.15, -0.1) is 0 Å². The molecule has 2 rings (SSSR count). The van der Waals surface area contributed by atoms with Gasteiger partial charge in [0, 0.05) is 25.6 Å². The normalized spacial score (nSPS) is 15.0. The number of halogens is 1. The lowest BCUT2D eigenvalue weighted by molar-refractivity contribution is -0.132. The van der Waals surface area contributed by atoms with Crippen molar-refractivity contribution in [3.63, 3.8) is 0 Å². The molecule has 1 aliphatic heterocycles. The van der Waals surface area contributed by atoms with Crippen molar-refractivity contribution in [2.45, 2.75) is 38.1 Å². The van der Waals surface area contributed by atoms with Crippen LogP contribution < -0.4 is 5.32 Å². The summed E-state index contributed by atoms with van der Waals surface area (Å²) in [5.74, 6) is -0.536. The summed E-state index contributed by atoms with van der Waals surface area (Å²) in [6.07, 6.45) is 1.91. The van der Waals surface area contributed by atoms with Crippen molar-refractivity contribution in [1.29, 1.82) is 5.26 Å². The fourth-order valence-electron chi connectivity index (χ4n) is 2.72. The number of carbonyl (C=O) groups excluding carboxylic acids is 2. The molecule has 0 spiro atoms. The first-order chi connectivity index (χ1) is 11.1. The fourth-order valence-corrected chi connectivity index (χ4v) is 2.72. The topological polar surface area (TPSA) is 73.2 Å².